The number of phenols is 1. The molecule has 3 aliphatic heterocycles. The summed E-state index contributed by atoms with van der Waals surface area (Å²) in [5, 5.41) is 12.1. The van der Waals surface area contributed by atoms with Crippen LogP contribution in [0.1, 0.15) is 73.3 Å². The van der Waals surface area contributed by atoms with Crippen LogP contribution in [0, 0.1) is 23.1 Å². The van der Waals surface area contributed by atoms with Gasteiger partial charge in [0.1, 0.15) is 67.4 Å². The van der Waals surface area contributed by atoms with E-state index in [0.717, 1.165) is 19.4 Å². The van der Waals surface area contributed by atoms with Crippen LogP contribution in [0.3, 0.4) is 0 Å². The monoisotopic (exact) mass is 746 g/mol. The molecule has 1 unspecified atom stereocenters. The second-order valence-corrected chi connectivity index (χ2v) is 22.4. The van der Waals surface area contributed by atoms with Gasteiger partial charge in [0.15, 0.2) is 12.0 Å². The Bertz CT molecular complexity index is 2150. The SMILES string of the molecule is CC(C)[Si](C#Cc1c(F)ccc2cc(O)cc(-c3nc4c5c(nc(OC[C@@]67CCC[N+]6(C)C[C@H](F)C7)nc5c3F)N(C)[C@@H](C)CO4)c12)(C(C)C)C(C)C. The Morgan fingerprint density at radius 2 is 1.79 bits per heavy atom. The molecule has 53 heavy (non-hydrogen) atoms. The zero-order valence-electron chi connectivity index (χ0n) is 32.3. The van der Waals surface area contributed by atoms with E-state index >= 15 is 8.78 Å². The van der Waals surface area contributed by atoms with E-state index in [2.05, 4.69) is 65.0 Å². The molecule has 0 radical (unpaired) electrons. The van der Waals surface area contributed by atoms with Gasteiger partial charge in [0.2, 0.25) is 5.88 Å². The molecule has 4 aromatic rings. The topological polar surface area (TPSA) is 80.6 Å². The highest BCUT2D eigenvalue weighted by Crippen LogP contribution is 2.47. The van der Waals surface area contributed by atoms with Crippen LogP contribution in [0.15, 0.2) is 24.3 Å². The first-order valence-electron chi connectivity index (χ1n) is 18.9. The Hall–Kier alpha value is -4.08. The fourth-order valence-corrected chi connectivity index (χ4v) is 15.0. The Morgan fingerprint density at radius 1 is 1.08 bits per heavy atom. The molecule has 8 nitrogen and oxygen atoms in total. The summed E-state index contributed by atoms with van der Waals surface area (Å²) in [7, 11) is 1.64. The normalized spacial score (nSPS) is 24.2. The van der Waals surface area contributed by atoms with Crippen molar-refractivity contribution < 1.29 is 32.2 Å². The number of hydrogen-bond donors (Lipinski definition) is 1. The Morgan fingerprint density at radius 3 is 2.49 bits per heavy atom. The third kappa shape index (κ3) is 5.89. The zero-order valence-corrected chi connectivity index (χ0v) is 33.3. The van der Waals surface area contributed by atoms with Crippen molar-refractivity contribution in [1.29, 1.82) is 0 Å². The molecule has 0 bridgehead atoms. The van der Waals surface area contributed by atoms with Crippen LogP contribution in [0.5, 0.6) is 17.6 Å². The van der Waals surface area contributed by atoms with E-state index in [0.29, 0.717) is 50.7 Å². The van der Waals surface area contributed by atoms with Crippen molar-refractivity contribution in [2.24, 2.45) is 0 Å². The van der Waals surface area contributed by atoms with Crippen LogP contribution in [-0.4, -0.2) is 90.8 Å². The second-order valence-electron chi connectivity index (χ2n) is 16.8. The first-order valence-corrected chi connectivity index (χ1v) is 21.1. The molecule has 0 spiro atoms. The number of ether oxygens (including phenoxy) is 2. The summed E-state index contributed by atoms with van der Waals surface area (Å²) in [6.45, 7) is 16.8. The minimum atomic E-state index is -2.29. The van der Waals surface area contributed by atoms with E-state index in [-0.39, 0.29) is 64.6 Å². The van der Waals surface area contributed by atoms with Gasteiger partial charge in [-0.2, -0.15) is 9.97 Å². The fourth-order valence-electron chi connectivity index (χ4n) is 9.84. The number of aromatic nitrogens is 3. The van der Waals surface area contributed by atoms with Crippen molar-refractivity contribution in [2.45, 2.75) is 102 Å². The number of fused-ring (bicyclic) bond motifs is 2. The molecular weight excluding hydrogens is 696 g/mol. The van der Waals surface area contributed by atoms with Gasteiger partial charge < -0.3 is 24.0 Å². The minimum absolute atomic E-state index is 0.0266. The number of nitrogens with zero attached hydrogens (tertiary/aromatic N) is 5. The summed E-state index contributed by atoms with van der Waals surface area (Å²) in [5.41, 5.74) is 4.20. The molecule has 2 aromatic heterocycles. The van der Waals surface area contributed by atoms with Crippen molar-refractivity contribution in [3.8, 4) is 40.4 Å². The van der Waals surface area contributed by atoms with Crippen molar-refractivity contribution in [2.75, 3.05) is 45.3 Å². The summed E-state index contributed by atoms with van der Waals surface area (Å²) in [4.78, 5) is 16.0. The third-order valence-electron chi connectivity index (χ3n) is 12.9. The van der Waals surface area contributed by atoms with E-state index < -0.39 is 31.4 Å². The van der Waals surface area contributed by atoms with Gasteiger partial charge in [0.25, 0.3) is 0 Å². The molecule has 1 N–H and O–H groups in total. The average molecular weight is 747 g/mol. The van der Waals surface area contributed by atoms with E-state index in [9.17, 15) is 9.50 Å². The van der Waals surface area contributed by atoms with Crippen molar-refractivity contribution in [3.05, 3.63) is 41.5 Å². The average Bonchev–Trinajstić information content (AvgIpc) is 3.49. The maximum absolute atomic E-state index is 17.3. The highest BCUT2D eigenvalue weighted by Gasteiger charge is 2.60. The number of rotatable bonds is 7. The summed E-state index contributed by atoms with van der Waals surface area (Å²) < 4.78 is 61.3. The van der Waals surface area contributed by atoms with Crippen molar-refractivity contribution in [1.82, 2.24) is 15.0 Å². The number of anilines is 1. The van der Waals surface area contributed by atoms with Gasteiger partial charge >= 0.3 is 6.01 Å². The molecule has 2 aromatic carbocycles. The maximum atomic E-state index is 17.3. The molecule has 0 aliphatic carbocycles. The Balaban J connectivity index is 1.44. The highest BCUT2D eigenvalue weighted by atomic mass is 28.3. The Labute approximate surface area is 311 Å². The number of likely N-dealkylation sites (N-methyl/N-ethyl adjacent to an activating group) is 2. The number of alkyl halides is 1. The lowest BCUT2D eigenvalue weighted by molar-refractivity contribution is -0.934. The van der Waals surface area contributed by atoms with Gasteiger partial charge in [0, 0.05) is 37.3 Å². The van der Waals surface area contributed by atoms with E-state index in [1.54, 1.807) is 6.07 Å². The van der Waals surface area contributed by atoms with Crippen LogP contribution in [0.2, 0.25) is 16.6 Å². The van der Waals surface area contributed by atoms with E-state index in [4.69, 9.17) is 19.4 Å². The number of halogens is 3. The van der Waals surface area contributed by atoms with E-state index in [1.165, 1.54) is 18.2 Å². The molecule has 282 valence electrons. The lowest BCUT2D eigenvalue weighted by atomic mass is 9.94. The van der Waals surface area contributed by atoms with Crippen LogP contribution in [0.25, 0.3) is 32.9 Å². The second kappa shape index (κ2) is 13.3. The standard InChI is InChI=1S/C41H50F3N5O3Si/c1-23(2)53(24(3)4,25(5)6)16-13-30-32(43)12-11-27-17-29(50)18-31(33(27)30)36-35(44)37-34-38(48(8)26(7)21-51-39(34)45-36)47-40(46-37)52-22-41-14-10-15-49(41,9)20-28(42)19-41/h11-12,17-18,23-26,28H,10,14-15,19-22H2,1-9H3/p+1/t26-,28+,41-,49?/m0/s1. The molecule has 4 atom stereocenters. The lowest BCUT2D eigenvalue weighted by Crippen LogP contribution is -2.56. The van der Waals surface area contributed by atoms with E-state index in [1.807, 2.05) is 18.9 Å². The number of quaternary nitrogens is 1. The number of pyridine rings is 1. The maximum Gasteiger partial charge on any atom is 0.319 e. The molecule has 5 heterocycles. The van der Waals surface area contributed by atoms with Gasteiger partial charge in [-0.25, -0.2) is 18.2 Å². The first kappa shape index (κ1) is 37.2. The first-order chi connectivity index (χ1) is 25.0. The molecule has 2 saturated heterocycles. The van der Waals surface area contributed by atoms with Gasteiger partial charge in [0.05, 0.1) is 25.2 Å². The minimum Gasteiger partial charge on any atom is -0.508 e. The molecule has 7 rings (SSSR count). The van der Waals surface area contributed by atoms with Gasteiger partial charge in [-0.1, -0.05) is 53.5 Å². The quantitative estimate of drug-likeness (QED) is 0.115. The van der Waals surface area contributed by atoms with Crippen LogP contribution in [-0.2, 0) is 0 Å². The third-order valence-corrected chi connectivity index (χ3v) is 19.1. The number of phenolic OH excluding ortho intramolecular Hbond substituents is 1. The smallest absolute Gasteiger partial charge is 0.319 e. The molecular formula is C41H51F3N5O3Si+. The number of aromatic hydroxyl groups is 1. The molecule has 0 amide bonds. The van der Waals surface area contributed by atoms with Gasteiger partial charge in [-0.15, -0.1) is 5.54 Å². The summed E-state index contributed by atoms with van der Waals surface area (Å²) in [5.74, 6) is 2.32. The van der Waals surface area contributed by atoms with Crippen molar-refractivity contribution >= 4 is 35.6 Å². The molecule has 3 aliphatic rings. The van der Waals surface area contributed by atoms with Gasteiger partial charge in [-0.3, -0.25) is 0 Å². The summed E-state index contributed by atoms with van der Waals surface area (Å²) in [6, 6.07) is 5.62. The number of hydrogen-bond acceptors (Lipinski definition) is 7. The Kier molecular flexibility index (Phi) is 9.37. The van der Waals surface area contributed by atoms with Crippen LogP contribution < -0.4 is 14.4 Å². The molecule has 0 saturated carbocycles. The van der Waals surface area contributed by atoms with Crippen molar-refractivity contribution in [3.63, 3.8) is 0 Å². The largest absolute Gasteiger partial charge is 0.508 e. The highest BCUT2D eigenvalue weighted by molar-refractivity contribution is 6.90. The summed E-state index contributed by atoms with van der Waals surface area (Å²) >= 11 is 0. The molecule has 2 fully saturated rings. The summed E-state index contributed by atoms with van der Waals surface area (Å²) in [6.07, 6.45) is 1.27. The molecule has 12 heteroatoms. The zero-order chi connectivity index (χ0) is 38.2. The van der Waals surface area contributed by atoms with Crippen LogP contribution >= 0.6 is 0 Å². The van der Waals surface area contributed by atoms with Crippen LogP contribution in [0.4, 0.5) is 19.0 Å². The van der Waals surface area contributed by atoms with Gasteiger partial charge in [-0.05, 0) is 47.1 Å². The lowest BCUT2D eigenvalue weighted by Gasteiger charge is -2.39. The predicted molar refractivity (Wildman–Crippen MR) is 206 cm³/mol. The fraction of sp³-hybridized carbons (Fsp3) is 0.537. The number of benzene rings is 2. The predicted octanol–water partition coefficient (Wildman–Crippen LogP) is 8.72.